The molecule has 1 heterocycles. The number of benzene rings is 1. The van der Waals surface area contributed by atoms with Crippen molar-refractivity contribution < 1.29 is 4.39 Å². The zero-order valence-electron chi connectivity index (χ0n) is 11.1. The summed E-state index contributed by atoms with van der Waals surface area (Å²) < 4.78 is 14.7. The van der Waals surface area contributed by atoms with Crippen LogP contribution >= 0.6 is 15.9 Å². The number of halogens is 2. The molecule has 0 unspecified atom stereocenters. The highest BCUT2D eigenvalue weighted by atomic mass is 79.9. The summed E-state index contributed by atoms with van der Waals surface area (Å²) in [4.78, 5) is 7.51. The summed E-state index contributed by atoms with van der Waals surface area (Å²) in [6.07, 6.45) is 6.80. The number of rotatable bonds is 4. The van der Waals surface area contributed by atoms with E-state index in [-0.39, 0.29) is 5.82 Å². The van der Waals surface area contributed by atoms with Gasteiger partial charge in [0.2, 0.25) is 0 Å². The van der Waals surface area contributed by atoms with Crippen molar-refractivity contribution >= 4 is 15.9 Å². The van der Waals surface area contributed by atoms with Crippen LogP contribution in [0.25, 0.3) is 11.3 Å². The number of nitrogens with one attached hydrogen (secondary N) is 2. The van der Waals surface area contributed by atoms with Crippen LogP contribution in [0.1, 0.15) is 31.5 Å². The number of aromatic amines is 1. The predicted molar refractivity (Wildman–Crippen MR) is 80.8 cm³/mol. The molecule has 1 aliphatic rings. The van der Waals surface area contributed by atoms with Gasteiger partial charge in [0.15, 0.2) is 0 Å². The second kappa shape index (κ2) is 6.06. The SMILES string of the molecule is Fc1ccc(Br)cc1-c1cnc(CNC2CCCC2)[nH]1. The minimum Gasteiger partial charge on any atom is -0.341 e. The highest BCUT2D eigenvalue weighted by Crippen LogP contribution is 2.25. The molecular formula is C15H17BrFN3. The molecule has 0 bridgehead atoms. The van der Waals surface area contributed by atoms with Gasteiger partial charge < -0.3 is 10.3 Å². The fraction of sp³-hybridized carbons (Fsp3) is 0.400. The zero-order valence-corrected chi connectivity index (χ0v) is 12.7. The molecule has 20 heavy (non-hydrogen) atoms. The van der Waals surface area contributed by atoms with Crippen molar-refractivity contribution in [3.63, 3.8) is 0 Å². The Labute approximate surface area is 126 Å². The normalized spacial score (nSPS) is 15.9. The first-order valence-corrected chi connectivity index (χ1v) is 7.74. The summed E-state index contributed by atoms with van der Waals surface area (Å²) in [7, 11) is 0. The van der Waals surface area contributed by atoms with Gasteiger partial charge in [0.1, 0.15) is 11.6 Å². The third-order valence-corrected chi connectivity index (χ3v) is 4.25. The van der Waals surface area contributed by atoms with E-state index in [1.54, 1.807) is 18.3 Å². The lowest BCUT2D eigenvalue weighted by molar-refractivity contribution is 0.515. The summed E-state index contributed by atoms with van der Waals surface area (Å²) >= 11 is 3.36. The van der Waals surface area contributed by atoms with Crippen LogP contribution in [0.2, 0.25) is 0 Å². The summed E-state index contributed by atoms with van der Waals surface area (Å²) in [6.45, 7) is 0.709. The molecule has 1 aromatic heterocycles. The Kier molecular flexibility index (Phi) is 4.17. The monoisotopic (exact) mass is 337 g/mol. The maximum Gasteiger partial charge on any atom is 0.132 e. The van der Waals surface area contributed by atoms with Gasteiger partial charge in [-0.05, 0) is 31.0 Å². The van der Waals surface area contributed by atoms with Crippen LogP contribution < -0.4 is 5.32 Å². The fourth-order valence-corrected chi connectivity index (χ4v) is 3.03. The van der Waals surface area contributed by atoms with Crippen molar-refractivity contribution in [1.82, 2.24) is 15.3 Å². The van der Waals surface area contributed by atoms with E-state index in [0.29, 0.717) is 23.8 Å². The number of hydrogen-bond acceptors (Lipinski definition) is 2. The van der Waals surface area contributed by atoms with Crippen LogP contribution in [0.4, 0.5) is 4.39 Å². The number of nitrogens with zero attached hydrogens (tertiary/aromatic N) is 1. The van der Waals surface area contributed by atoms with E-state index in [9.17, 15) is 4.39 Å². The smallest absolute Gasteiger partial charge is 0.132 e. The molecule has 0 atom stereocenters. The van der Waals surface area contributed by atoms with Gasteiger partial charge in [-0.1, -0.05) is 28.8 Å². The van der Waals surface area contributed by atoms with Gasteiger partial charge >= 0.3 is 0 Å². The molecule has 0 spiro atoms. The van der Waals surface area contributed by atoms with Gasteiger partial charge in [-0.25, -0.2) is 9.37 Å². The summed E-state index contributed by atoms with van der Waals surface area (Å²) in [5.41, 5.74) is 1.26. The Morgan fingerprint density at radius 1 is 1.35 bits per heavy atom. The first kappa shape index (κ1) is 13.8. The summed E-state index contributed by atoms with van der Waals surface area (Å²) in [5.74, 6) is 0.610. The van der Waals surface area contributed by atoms with Crippen LogP contribution in [0.5, 0.6) is 0 Å². The highest BCUT2D eigenvalue weighted by molar-refractivity contribution is 9.10. The Bertz CT molecular complexity index is 591. The molecule has 3 nitrogen and oxygen atoms in total. The van der Waals surface area contributed by atoms with Gasteiger partial charge in [-0.15, -0.1) is 0 Å². The molecule has 0 aliphatic heterocycles. The lowest BCUT2D eigenvalue weighted by Gasteiger charge is -2.09. The lowest BCUT2D eigenvalue weighted by Crippen LogP contribution is -2.25. The minimum absolute atomic E-state index is 0.243. The highest BCUT2D eigenvalue weighted by Gasteiger charge is 2.15. The largest absolute Gasteiger partial charge is 0.341 e. The molecule has 106 valence electrons. The minimum atomic E-state index is -0.243. The second-order valence-corrected chi connectivity index (χ2v) is 6.15. The number of hydrogen-bond donors (Lipinski definition) is 2. The van der Waals surface area contributed by atoms with E-state index in [2.05, 4.69) is 31.2 Å². The topological polar surface area (TPSA) is 40.7 Å². The molecule has 1 aliphatic carbocycles. The van der Waals surface area contributed by atoms with Gasteiger partial charge in [-0.3, -0.25) is 0 Å². The number of aromatic nitrogens is 2. The average Bonchev–Trinajstić information content (AvgIpc) is 3.10. The van der Waals surface area contributed by atoms with E-state index >= 15 is 0 Å². The van der Waals surface area contributed by atoms with E-state index < -0.39 is 0 Å². The van der Waals surface area contributed by atoms with Gasteiger partial charge in [0.25, 0.3) is 0 Å². The van der Waals surface area contributed by atoms with Crippen molar-refractivity contribution in [3.05, 3.63) is 40.5 Å². The van der Waals surface area contributed by atoms with Crippen molar-refractivity contribution in [2.24, 2.45) is 0 Å². The molecule has 5 heteroatoms. The summed E-state index contributed by atoms with van der Waals surface area (Å²) in [5, 5.41) is 3.49. The average molecular weight is 338 g/mol. The Hall–Kier alpha value is -1.20. The van der Waals surface area contributed by atoms with E-state index in [4.69, 9.17) is 0 Å². The molecule has 1 saturated carbocycles. The van der Waals surface area contributed by atoms with Crippen LogP contribution in [0.15, 0.2) is 28.9 Å². The lowest BCUT2D eigenvalue weighted by atomic mass is 10.1. The predicted octanol–water partition coefficient (Wildman–Crippen LogP) is 4.01. The third kappa shape index (κ3) is 3.10. The van der Waals surface area contributed by atoms with Gasteiger partial charge in [0.05, 0.1) is 18.4 Å². The Morgan fingerprint density at radius 2 is 2.15 bits per heavy atom. The molecule has 1 fully saturated rings. The van der Waals surface area contributed by atoms with Crippen LogP contribution in [-0.2, 0) is 6.54 Å². The molecule has 0 radical (unpaired) electrons. The van der Waals surface area contributed by atoms with Crippen molar-refractivity contribution in [2.45, 2.75) is 38.3 Å². The second-order valence-electron chi connectivity index (χ2n) is 5.23. The van der Waals surface area contributed by atoms with Crippen LogP contribution in [-0.4, -0.2) is 16.0 Å². The van der Waals surface area contributed by atoms with Gasteiger partial charge in [0, 0.05) is 16.1 Å². The molecule has 1 aromatic carbocycles. The van der Waals surface area contributed by atoms with Crippen LogP contribution in [0, 0.1) is 5.82 Å². The van der Waals surface area contributed by atoms with Crippen molar-refractivity contribution in [2.75, 3.05) is 0 Å². The molecule has 0 amide bonds. The van der Waals surface area contributed by atoms with E-state index in [0.717, 1.165) is 10.3 Å². The van der Waals surface area contributed by atoms with Gasteiger partial charge in [-0.2, -0.15) is 0 Å². The maximum atomic E-state index is 13.8. The fourth-order valence-electron chi connectivity index (χ4n) is 2.66. The van der Waals surface area contributed by atoms with Crippen molar-refractivity contribution in [3.8, 4) is 11.3 Å². The first-order chi connectivity index (χ1) is 9.72. The van der Waals surface area contributed by atoms with E-state index in [1.807, 2.05) is 0 Å². The maximum absolute atomic E-state index is 13.8. The molecule has 2 N–H and O–H groups in total. The molecule has 3 rings (SSSR count). The number of H-pyrrole nitrogens is 1. The third-order valence-electron chi connectivity index (χ3n) is 3.76. The summed E-state index contributed by atoms with van der Waals surface area (Å²) in [6, 6.07) is 5.51. The van der Waals surface area contributed by atoms with Crippen LogP contribution in [0.3, 0.4) is 0 Å². The van der Waals surface area contributed by atoms with Crippen molar-refractivity contribution in [1.29, 1.82) is 0 Å². The molecule has 0 saturated heterocycles. The Balaban J connectivity index is 1.71. The number of imidazole rings is 1. The Morgan fingerprint density at radius 3 is 2.95 bits per heavy atom. The molecular weight excluding hydrogens is 321 g/mol. The molecule has 2 aromatic rings. The standard InChI is InChI=1S/C15H17BrFN3/c16-10-5-6-13(17)12(7-10)14-8-19-15(20-14)9-18-11-3-1-2-4-11/h5-8,11,18H,1-4,9H2,(H,19,20). The first-order valence-electron chi connectivity index (χ1n) is 6.95. The zero-order chi connectivity index (χ0) is 13.9. The quantitative estimate of drug-likeness (QED) is 0.884. The van der Waals surface area contributed by atoms with E-state index in [1.165, 1.54) is 31.7 Å².